The van der Waals surface area contributed by atoms with Crippen molar-refractivity contribution in [1.29, 1.82) is 0 Å². The number of halogens is 1. The molecule has 104 valence electrons. The van der Waals surface area contributed by atoms with Crippen LogP contribution in [-0.2, 0) is 0 Å². The fourth-order valence-electron chi connectivity index (χ4n) is 3.25. The Hall–Kier alpha value is -0.865. The molecule has 0 aliphatic heterocycles. The summed E-state index contributed by atoms with van der Waals surface area (Å²) in [5, 5.41) is 18.3. The van der Waals surface area contributed by atoms with Crippen LogP contribution in [0.15, 0.2) is 18.2 Å². The quantitative estimate of drug-likeness (QED) is 0.820. The zero-order valence-corrected chi connectivity index (χ0v) is 11.5. The molecular weight excluding hydrogens is 242 g/mol. The third-order valence-electron chi connectivity index (χ3n) is 4.32. The maximum absolute atomic E-state index is 14.2. The van der Waals surface area contributed by atoms with Gasteiger partial charge in [-0.1, -0.05) is 38.0 Å². The van der Waals surface area contributed by atoms with Crippen molar-refractivity contribution in [2.24, 2.45) is 5.92 Å². The Bertz CT molecular complexity index is 415. The second-order valence-electron chi connectivity index (χ2n) is 5.63. The van der Waals surface area contributed by atoms with Crippen molar-refractivity contribution in [1.82, 2.24) is 0 Å². The highest BCUT2D eigenvalue weighted by Gasteiger charge is 2.26. The van der Waals surface area contributed by atoms with Crippen molar-refractivity contribution in [2.45, 2.75) is 51.4 Å². The molecule has 0 heterocycles. The van der Waals surface area contributed by atoms with Crippen molar-refractivity contribution >= 4 is 12.6 Å². The van der Waals surface area contributed by atoms with Crippen LogP contribution >= 0.6 is 0 Å². The largest absolute Gasteiger partial charge is 0.491 e. The van der Waals surface area contributed by atoms with Gasteiger partial charge in [-0.2, -0.15) is 0 Å². The van der Waals surface area contributed by atoms with Gasteiger partial charge in [-0.25, -0.2) is 4.39 Å². The molecule has 0 unspecified atom stereocenters. The van der Waals surface area contributed by atoms with Gasteiger partial charge in [0.25, 0.3) is 0 Å². The fraction of sp³-hybridized carbons (Fsp3) is 0.600. The predicted octanol–water partition coefficient (Wildman–Crippen LogP) is 2.58. The summed E-state index contributed by atoms with van der Waals surface area (Å²) >= 11 is 0. The van der Waals surface area contributed by atoms with Gasteiger partial charge in [0.1, 0.15) is 5.82 Å². The van der Waals surface area contributed by atoms with Crippen LogP contribution in [-0.4, -0.2) is 17.2 Å². The van der Waals surface area contributed by atoms with Crippen LogP contribution in [0.25, 0.3) is 0 Å². The Labute approximate surface area is 114 Å². The minimum absolute atomic E-state index is 0.00631. The Kier molecular flexibility index (Phi) is 5.00. The first-order valence-corrected chi connectivity index (χ1v) is 7.28. The number of hydrogen-bond acceptors (Lipinski definition) is 2. The van der Waals surface area contributed by atoms with E-state index in [1.807, 2.05) is 0 Å². The minimum Gasteiger partial charge on any atom is -0.423 e. The van der Waals surface area contributed by atoms with E-state index < -0.39 is 12.9 Å². The number of hydrogen-bond donors (Lipinski definition) is 2. The van der Waals surface area contributed by atoms with Crippen LogP contribution in [0, 0.1) is 11.7 Å². The molecule has 0 atom stereocenters. The molecule has 1 saturated carbocycles. The molecule has 1 aromatic carbocycles. The van der Waals surface area contributed by atoms with E-state index in [1.54, 1.807) is 12.1 Å². The lowest BCUT2D eigenvalue weighted by Gasteiger charge is -2.29. The smallest absolute Gasteiger partial charge is 0.423 e. The third kappa shape index (κ3) is 3.37. The topological polar surface area (TPSA) is 40.5 Å². The van der Waals surface area contributed by atoms with E-state index >= 15 is 0 Å². The third-order valence-corrected chi connectivity index (χ3v) is 4.32. The van der Waals surface area contributed by atoms with Gasteiger partial charge in [-0.3, -0.25) is 0 Å². The van der Waals surface area contributed by atoms with Gasteiger partial charge in [-0.05, 0) is 43.1 Å². The molecule has 4 heteroatoms. The Morgan fingerprint density at radius 2 is 1.89 bits per heavy atom. The molecule has 0 aromatic heterocycles. The lowest BCUT2D eigenvalue weighted by atomic mass is 9.73. The van der Waals surface area contributed by atoms with E-state index in [2.05, 4.69) is 6.92 Å². The molecule has 1 aliphatic rings. The van der Waals surface area contributed by atoms with Gasteiger partial charge in [-0.15, -0.1) is 0 Å². The zero-order valence-electron chi connectivity index (χ0n) is 11.5. The second kappa shape index (κ2) is 6.53. The summed E-state index contributed by atoms with van der Waals surface area (Å²) < 4.78 is 14.2. The van der Waals surface area contributed by atoms with Crippen LogP contribution in [0.3, 0.4) is 0 Å². The Morgan fingerprint density at radius 1 is 1.21 bits per heavy atom. The molecule has 0 amide bonds. The van der Waals surface area contributed by atoms with E-state index in [0.717, 1.165) is 31.6 Å². The highest BCUT2D eigenvalue weighted by molar-refractivity contribution is 6.58. The van der Waals surface area contributed by atoms with E-state index in [1.165, 1.54) is 18.9 Å². The number of benzene rings is 1. The summed E-state index contributed by atoms with van der Waals surface area (Å²) in [7, 11) is -1.73. The zero-order chi connectivity index (χ0) is 13.8. The van der Waals surface area contributed by atoms with E-state index in [4.69, 9.17) is 10.0 Å². The summed E-state index contributed by atoms with van der Waals surface area (Å²) in [5.74, 6) is 0.583. The van der Waals surface area contributed by atoms with Crippen LogP contribution in [0.2, 0.25) is 0 Å². The van der Waals surface area contributed by atoms with Crippen LogP contribution in [0.1, 0.15) is 56.9 Å². The van der Waals surface area contributed by atoms with E-state index in [-0.39, 0.29) is 11.4 Å². The van der Waals surface area contributed by atoms with Gasteiger partial charge in [0.15, 0.2) is 0 Å². The summed E-state index contributed by atoms with van der Waals surface area (Å²) in [6.07, 6.45) is 6.81. The average molecular weight is 264 g/mol. The van der Waals surface area contributed by atoms with E-state index in [9.17, 15) is 4.39 Å². The van der Waals surface area contributed by atoms with Crippen LogP contribution in [0.5, 0.6) is 0 Å². The fourth-order valence-corrected chi connectivity index (χ4v) is 3.25. The van der Waals surface area contributed by atoms with Gasteiger partial charge >= 0.3 is 7.12 Å². The molecule has 1 fully saturated rings. The molecule has 0 saturated heterocycles. The van der Waals surface area contributed by atoms with Crippen molar-refractivity contribution < 1.29 is 14.4 Å². The Balaban J connectivity index is 2.09. The van der Waals surface area contributed by atoms with E-state index in [0.29, 0.717) is 5.56 Å². The SMILES string of the molecule is CCCC1CCC(c2cccc(B(O)O)c2F)CC1. The average Bonchev–Trinajstić information content (AvgIpc) is 2.40. The molecule has 0 spiro atoms. The van der Waals surface area contributed by atoms with Crippen molar-refractivity contribution in [3.8, 4) is 0 Å². The summed E-state index contributed by atoms with van der Waals surface area (Å²) in [6, 6.07) is 4.93. The van der Waals surface area contributed by atoms with Crippen molar-refractivity contribution in [3.05, 3.63) is 29.6 Å². The van der Waals surface area contributed by atoms with Gasteiger partial charge in [0.05, 0.1) is 0 Å². The lowest BCUT2D eigenvalue weighted by Crippen LogP contribution is -2.34. The molecule has 2 nitrogen and oxygen atoms in total. The molecule has 1 aromatic rings. The first-order valence-electron chi connectivity index (χ1n) is 7.28. The molecule has 1 aliphatic carbocycles. The molecular formula is C15H22BFO2. The summed E-state index contributed by atoms with van der Waals surface area (Å²) in [4.78, 5) is 0. The highest BCUT2D eigenvalue weighted by Crippen LogP contribution is 2.37. The monoisotopic (exact) mass is 264 g/mol. The molecule has 0 bridgehead atoms. The predicted molar refractivity (Wildman–Crippen MR) is 75.8 cm³/mol. The van der Waals surface area contributed by atoms with Crippen LogP contribution < -0.4 is 5.46 Å². The molecule has 19 heavy (non-hydrogen) atoms. The summed E-state index contributed by atoms with van der Waals surface area (Å²) in [5.41, 5.74) is 0.647. The lowest BCUT2D eigenvalue weighted by molar-refractivity contribution is 0.304. The van der Waals surface area contributed by atoms with Gasteiger partial charge < -0.3 is 10.0 Å². The second-order valence-corrected chi connectivity index (χ2v) is 5.63. The van der Waals surface area contributed by atoms with Gasteiger partial charge in [0.2, 0.25) is 0 Å². The minimum atomic E-state index is -1.73. The van der Waals surface area contributed by atoms with Gasteiger partial charge in [0, 0.05) is 5.46 Å². The highest BCUT2D eigenvalue weighted by atomic mass is 19.1. The normalized spacial score (nSPS) is 23.4. The first-order chi connectivity index (χ1) is 9.13. The maximum atomic E-state index is 14.2. The van der Waals surface area contributed by atoms with Crippen molar-refractivity contribution in [3.63, 3.8) is 0 Å². The van der Waals surface area contributed by atoms with Crippen molar-refractivity contribution in [2.75, 3.05) is 0 Å². The molecule has 2 N–H and O–H groups in total. The first kappa shape index (κ1) is 14.5. The summed E-state index contributed by atoms with van der Waals surface area (Å²) in [6.45, 7) is 2.21. The number of rotatable bonds is 4. The standard InChI is InChI=1S/C15H22BFO2/c1-2-4-11-7-9-12(10-8-11)13-5-3-6-14(15(13)17)16(18)19/h3,5-6,11-12,18-19H,2,4,7-10H2,1H3. The van der Waals surface area contributed by atoms with Crippen LogP contribution in [0.4, 0.5) is 4.39 Å². The molecule has 0 radical (unpaired) electrons. The molecule has 2 rings (SSSR count). The maximum Gasteiger partial charge on any atom is 0.491 e. The Morgan fingerprint density at radius 3 is 2.47 bits per heavy atom.